The van der Waals surface area contributed by atoms with Crippen LogP contribution < -0.4 is 11.1 Å². The Kier molecular flexibility index (Phi) is 5.60. The van der Waals surface area contributed by atoms with Crippen LogP contribution in [0.2, 0.25) is 0 Å². The smallest absolute Gasteiger partial charge is 0.273 e. The number of primary amides is 1. The average Bonchev–Trinajstić information content (AvgIpc) is 3.54. The Morgan fingerprint density at radius 3 is 2.70 bits per heavy atom. The van der Waals surface area contributed by atoms with Crippen LogP contribution in [0.4, 0.5) is 0 Å². The van der Waals surface area contributed by atoms with Crippen molar-refractivity contribution in [1.82, 2.24) is 15.2 Å². The number of rotatable bonds is 7. The molecule has 3 amide bonds. The summed E-state index contributed by atoms with van der Waals surface area (Å²) in [6.45, 7) is 0.580. The van der Waals surface area contributed by atoms with Crippen molar-refractivity contribution in [3.63, 3.8) is 0 Å². The van der Waals surface area contributed by atoms with Crippen molar-refractivity contribution >= 4 is 34.4 Å². The summed E-state index contributed by atoms with van der Waals surface area (Å²) in [6.07, 6.45) is 3.43. The molecule has 5 atom stereocenters. The molecule has 8 heteroatoms. The highest BCUT2D eigenvalue weighted by Gasteiger charge is 2.51. The van der Waals surface area contributed by atoms with Crippen molar-refractivity contribution < 1.29 is 19.2 Å². The first-order chi connectivity index (χ1) is 15.9. The Labute approximate surface area is 191 Å². The molecule has 1 saturated carbocycles. The zero-order valence-corrected chi connectivity index (χ0v) is 18.4. The number of carbonyl (C=O) groups excluding carboxylic acids is 4. The highest BCUT2D eigenvalue weighted by molar-refractivity contribution is 6.00. The van der Waals surface area contributed by atoms with E-state index in [0.29, 0.717) is 18.7 Å². The highest BCUT2D eigenvalue weighted by atomic mass is 16.2. The van der Waals surface area contributed by atoms with Gasteiger partial charge < -0.3 is 16.0 Å². The second-order valence-electron chi connectivity index (χ2n) is 9.56. The summed E-state index contributed by atoms with van der Waals surface area (Å²) in [7, 11) is 0. The molecule has 172 valence electrons. The van der Waals surface area contributed by atoms with Gasteiger partial charge in [-0.25, -0.2) is 4.98 Å². The molecule has 33 heavy (non-hydrogen) atoms. The topological polar surface area (TPSA) is 122 Å². The number of aromatic nitrogens is 1. The van der Waals surface area contributed by atoms with Crippen LogP contribution in [0.5, 0.6) is 0 Å². The monoisotopic (exact) mass is 448 g/mol. The predicted molar refractivity (Wildman–Crippen MR) is 121 cm³/mol. The van der Waals surface area contributed by atoms with Gasteiger partial charge >= 0.3 is 0 Å². The molecule has 0 radical (unpaired) electrons. The van der Waals surface area contributed by atoms with Crippen LogP contribution in [0, 0.1) is 17.8 Å². The minimum atomic E-state index is -0.707. The lowest BCUT2D eigenvalue weighted by molar-refractivity contribution is -0.132. The van der Waals surface area contributed by atoms with Crippen molar-refractivity contribution in [2.24, 2.45) is 23.5 Å². The van der Waals surface area contributed by atoms with E-state index in [-0.39, 0.29) is 48.3 Å². The fourth-order valence-electron chi connectivity index (χ4n) is 5.89. The Morgan fingerprint density at radius 2 is 1.94 bits per heavy atom. The summed E-state index contributed by atoms with van der Waals surface area (Å²) >= 11 is 0. The van der Waals surface area contributed by atoms with Gasteiger partial charge in [0.2, 0.25) is 11.8 Å². The summed E-state index contributed by atoms with van der Waals surface area (Å²) in [5.41, 5.74) is 6.67. The second kappa shape index (κ2) is 8.57. The van der Waals surface area contributed by atoms with Gasteiger partial charge in [-0.15, -0.1) is 0 Å². The summed E-state index contributed by atoms with van der Waals surface area (Å²) in [5.74, 6) is -1.95. The molecule has 2 aromatic rings. The maximum atomic E-state index is 13.5. The summed E-state index contributed by atoms with van der Waals surface area (Å²) in [5, 5.41) is 3.71. The number of ketones is 1. The van der Waals surface area contributed by atoms with Gasteiger partial charge in [-0.2, -0.15) is 0 Å². The number of nitrogens with one attached hydrogen (secondary N) is 1. The number of nitrogens with two attached hydrogens (primary N) is 1. The third-order valence-electron chi connectivity index (χ3n) is 7.55. The fourth-order valence-corrected chi connectivity index (χ4v) is 5.89. The van der Waals surface area contributed by atoms with Gasteiger partial charge in [0.15, 0.2) is 5.78 Å². The molecule has 2 saturated heterocycles. The number of Topliss-reactive ketones (excluding diaryl/α,β-unsaturated/α-hetero) is 1. The number of pyridine rings is 1. The van der Waals surface area contributed by atoms with Crippen LogP contribution >= 0.6 is 0 Å². The standard InChI is InChI=1S/C25H28N4O4/c26-23(31)17(11-16-9-10-27-24(16)32)13-21(30)22-15-5-7-18(12-15)29(22)25(33)20-8-6-14-3-1-2-4-19(14)28-20/h1-4,6,8,15-18,22H,5,7,9-13H2,(H2,26,31)(H,27,32)/t15-,16-,17+,18+,22-/m0/s1. The molecule has 1 aromatic heterocycles. The molecule has 2 bridgehead atoms. The first-order valence-electron chi connectivity index (χ1n) is 11.7. The molecule has 1 aliphatic carbocycles. The summed E-state index contributed by atoms with van der Waals surface area (Å²) in [4.78, 5) is 57.3. The Hall–Kier alpha value is -3.29. The minimum Gasteiger partial charge on any atom is -0.369 e. The van der Waals surface area contributed by atoms with E-state index >= 15 is 0 Å². The van der Waals surface area contributed by atoms with Crippen LogP contribution in [-0.4, -0.2) is 52.0 Å². The summed E-state index contributed by atoms with van der Waals surface area (Å²) in [6, 6.07) is 10.6. The number of likely N-dealkylation sites (tertiary alicyclic amines) is 1. The van der Waals surface area contributed by atoms with Crippen molar-refractivity contribution in [3.8, 4) is 0 Å². The fraction of sp³-hybridized carbons (Fsp3) is 0.480. The van der Waals surface area contributed by atoms with Crippen molar-refractivity contribution in [3.05, 3.63) is 42.1 Å². The van der Waals surface area contributed by atoms with Gasteiger partial charge in [-0.1, -0.05) is 24.3 Å². The first kappa shape index (κ1) is 21.6. The van der Waals surface area contributed by atoms with Crippen molar-refractivity contribution in [2.45, 2.75) is 50.6 Å². The van der Waals surface area contributed by atoms with E-state index in [9.17, 15) is 19.2 Å². The van der Waals surface area contributed by atoms with Crippen molar-refractivity contribution in [1.29, 1.82) is 0 Å². The van der Waals surface area contributed by atoms with E-state index in [1.165, 1.54) is 0 Å². The summed E-state index contributed by atoms with van der Waals surface area (Å²) < 4.78 is 0. The predicted octanol–water partition coefficient (Wildman–Crippen LogP) is 1.81. The van der Waals surface area contributed by atoms with E-state index in [0.717, 1.165) is 30.2 Å². The van der Waals surface area contributed by atoms with Gasteiger partial charge in [-0.3, -0.25) is 19.2 Å². The lowest BCUT2D eigenvalue weighted by Crippen LogP contribution is -2.50. The lowest BCUT2D eigenvalue weighted by atomic mass is 9.85. The molecule has 3 heterocycles. The number of fused-ring (bicyclic) bond motifs is 3. The van der Waals surface area contributed by atoms with E-state index < -0.39 is 17.9 Å². The number of piperidine rings is 1. The number of hydrogen-bond acceptors (Lipinski definition) is 5. The third-order valence-corrected chi connectivity index (χ3v) is 7.55. The van der Waals surface area contributed by atoms with Crippen LogP contribution in [0.3, 0.4) is 0 Å². The normalized spacial score (nSPS) is 27.0. The quantitative estimate of drug-likeness (QED) is 0.669. The van der Waals surface area contributed by atoms with Crippen LogP contribution in [0.25, 0.3) is 10.9 Å². The van der Waals surface area contributed by atoms with Crippen LogP contribution in [-0.2, 0) is 14.4 Å². The molecule has 3 fully saturated rings. The number of nitrogens with zero attached hydrogens (tertiary/aromatic N) is 2. The molecular formula is C25H28N4O4. The Bertz CT molecular complexity index is 1130. The molecule has 2 aliphatic heterocycles. The largest absolute Gasteiger partial charge is 0.369 e. The number of benzene rings is 1. The number of hydrogen-bond donors (Lipinski definition) is 2. The lowest BCUT2D eigenvalue weighted by Gasteiger charge is -2.35. The molecule has 3 N–H and O–H groups in total. The van der Waals surface area contributed by atoms with E-state index in [2.05, 4.69) is 10.3 Å². The Morgan fingerprint density at radius 1 is 1.12 bits per heavy atom. The zero-order chi connectivity index (χ0) is 23.1. The molecular weight excluding hydrogens is 420 g/mol. The van der Waals surface area contributed by atoms with Crippen LogP contribution in [0.1, 0.15) is 49.0 Å². The van der Waals surface area contributed by atoms with Gasteiger partial charge in [0.1, 0.15) is 5.69 Å². The number of carbonyl (C=O) groups is 4. The SMILES string of the molecule is NC(=O)[C@@H](CC(=O)[C@@H]1[C@H]2CC[C@H](C2)N1C(=O)c1ccc2ccccc2n1)C[C@@H]1CCNC1=O. The molecule has 8 nitrogen and oxygen atoms in total. The minimum absolute atomic E-state index is 0.0114. The third kappa shape index (κ3) is 3.98. The zero-order valence-electron chi connectivity index (χ0n) is 18.4. The average molecular weight is 449 g/mol. The second-order valence-corrected chi connectivity index (χ2v) is 9.56. The molecule has 0 spiro atoms. The van der Waals surface area contributed by atoms with E-state index in [1.807, 2.05) is 30.3 Å². The van der Waals surface area contributed by atoms with Crippen LogP contribution in [0.15, 0.2) is 36.4 Å². The Balaban J connectivity index is 1.36. The molecule has 1 aromatic carbocycles. The number of para-hydroxylation sites is 1. The maximum absolute atomic E-state index is 13.5. The van der Waals surface area contributed by atoms with E-state index in [1.54, 1.807) is 11.0 Å². The maximum Gasteiger partial charge on any atom is 0.273 e. The molecule has 5 rings (SSSR count). The van der Waals surface area contributed by atoms with E-state index in [4.69, 9.17) is 5.73 Å². The van der Waals surface area contributed by atoms with Gasteiger partial charge in [0, 0.05) is 36.2 Å². The number of amides is 3. The highest BCUT2D eigenvalue weighted by Crippen LogP contribution is 2.44. The van der Waals surface area contributed by atoms with Gasteiger partial charge in [-0.05, 0) is 50.2 Å². The molecule has 0 unspecified atom stereocenters. The molecule has 3 aliphatic rings. The first-order valence-corrected chi connectivity index (χ1v) is 11.7. The van der Waals surface area contributed by atoms with Gasteiger partial charge in [0.05, 0.1) is 11.6 Å². The van der Waals surface area contributed by atoms with Crippen molar-refractivity contribution in [2.75, 3.05) is 6.54 Å². The van der Waals surface area contributed by atoms with Gasteiger partial charge in [0.25, 0.3) is 5.91 Å².